The first kappa shape index (κ1) is 15.9. The summed E-state index contributed by atoms with van der Waals surface area (Å²) in [6, 6.07) is 4.21. The molecule has 22 heavy (non-hydrogen) atoms. The number of nitro groups is 1. The molecule has 1 aromatic carbocycles. The fourth-order valence-electron chi connectivity index (χ4n) is 2.33. The van der Waals surface area contributed by atoms with E-state index < -0.39 is 16.9 Å². The SMILES string of the molecule is COC(=O)C1=C(C)NC(=S)NC1c1ccc(C)c([N+](=O)[O-])c1. The number of aryl methyl sites for hydroxylation is 1. The molecule has 1 aliphatic rings. The van der Waals surface area contributed by atoms with Crippen LogP contribution < -0.4 is 10.6 Å². The number of allylic oxidation sites excluding steroid dienone is 1. The fraction of sp³-hybridized carbons (Fsp3) is 0.286. The Morgan fingerprint density at radius 2 is 2.09 bits per heavy atom. The molecule has 0 aromatic heterocycles. The zero-order valence-electron chi connectivity index (χ0n) is 12.3. The molecule has 1 aliphatic heterocycles. The van der Waals surface area contributed by atoms with Crippen molar-refractivity contribution in [3.8, 4) is 0 Å². The van der Waals surface area contributed by atoms with E-state index >= 15 is 0 Å². The van der Waals surface area contributed by atoms with Gasteiger partial charge in [0.1, 0.15) is 0 Å². The predicted molar refractivity (Wildman–Crippen MR) is 84.2 cm³/mol. The smallest absolute Gasteiger partial charge is 0.337 e. The second-order valence-electron chi connectivity index (χ2n) is 4.86. The molecular weight excluding hydrogens is 306 g/mol. The largest absolute Gasteiger partial charge is 0.466 e. The topological polar surface area (TPSA) is 93.5 Å². The van der Waals surface area contributed by atoms with Crippen LogP contribution in [0, 0.1) is 17.0 Å². The average Bonchev–Trinajstić information content (AvgIpc) is 2.46. The van der Waals surface area contributed by atoms with Gasteiger partial charge >= 0.3 is 5.97 Å². The maximum absolute atomic E-state index is 12.0. The van der Waals surface area contributed by atoms with Crippen LogP contribution in [0.15, 0.2) is 29.5 Å². The first-order chi connectivity index (χ1) is 10.3. The van der Waals surface area contributed by atoms with Gasteiger partial charge in [0.2, 0.25) is 0 Å². The molecule has 0 saturated carbocycles. The zero-order valence-corrected chi connectivity index (χ0v) is 13.1. The van der Waals surface area contributed by atoms with Crippen LogP contribution >= 0.6 is 12.2 Å². The molecule has 0 saturated heterocycles. The normalized spacial score (nSPS) is 17.6. The number of esters is 1. The number of methoxy groups -OCH3 is 1. The summed E-state index contributed by atoms with van der Waals surface area (Å²) in [5, 5.41) is 17.3. The number of hydrogen-bond donors (Lipinski definition) is 2. The van der Waals surface area contributed by atoms with Crippen molar-refractivity contribution in [2.45, 2.75) is 19.9 Å². The molecule has 1 aromatic rings. The molecule has 2 rings (SSSR count). The number of rotatable bonds is 3. The number of nitro benzene ring substituents is 1. The molecule has 2 N–H and O–H groups in total. The van der Waals surface area contributed by atoms with E-state index in [4.69, 9.17) is 17.0 Å². The summed E-state index contributed by atoms with van der Waals surface area (Å²) < 4.78 is 4.79. The Balaban J connectivity index is 2.55. The maximum atomic E-state index is 12.0. The van der Waals surface area contributed by atoms with Crippen LogP contribution in [0.4, 0.5) is 5.69 Å². The van der Waals surface area contributed by atoms with Crippen LogP contribution in [0.2, 0.25) is 0 Å². The monoisotopic (exact) mass is 321 g/mol. The van der Waals surface area contributed by atoms with Crippen LogP contribution in [0.25, 0.3) is 0 Å². The Morgan fingerprint density at radius 3 is 2.68 bits per heavy atom. The fourth-order valence-corrected chi connectivity index (χ4v) is 2.60. The molecule has 1 heterocycles. The Labute approximate surface area is 132 Å². The molecule has 1 unspecified atom stereocenters. The van der Waals surface area contributed by atoms with E-state index in [1.54, 1.807) is 26.0 Å². The molecule has 0 fully saturated rings. The van der Waals surface area contributed by atoms with E-state index in [1.165, 1.54) is 13.2 Å². The minimum Gasteiger partial charge on any atom is -0.466 e. The highest BCUT2D eigenvalue weighted by Gasteiger charge is 2.31. The number of thiocarbonyl (C=S) groups is 1. The van der Waals surface area contributed by atoms with Crippen molar-refractivity contribution in [1.29, 1.82) is 0 Å². The summed E-state index contributed by atoms with van der Waals surface area (Å²) in [5.41, 5.74) is 2.01. The van der Waals surface area contributed by atoms with Gasteiger partial charge in [-0.15, -0.1) is 0 Å². The van der Waals surface area contributed by atoms with Gasteiger partial charge in [0.15, 0.2) is 5.11 Å². The van der Waals surface area contributed by atoms with Crippen LogP contribution in [0.1, 0.15) is 24.1 Å². The third-order valence-electron chi connectivity index (χ3n) is 3.44. The second kappa shape index (κ2) is 6.10. The van der Waals surface area contributed by atoms with Gasteiger partial charge in [-0.25, -0.2) is 4.79 Å². The van der Waals surface area contributed by atoms with Crippen LogP contribution in [-0.2, 0) is 9.53 Å². The summed E-state index contributed by atoms with van der Waals surface area (Å²) in [5.74, 6) is -0.520. The highest BCUT2D eigenvalue weighted by atomic mass is 32.1. The van der Waals surface area contributed by atoms with Crippen molar-refractivity contribution in [3.05, 3.63) is 50.7 Å². The first-order valence-electron chi connectivity index (χ1n) is 6.46. The molecule has 7 nitrogen and oxygen atoms in total. The van der Waals surface area contributed by atoms with Gasteiger partial charge < -0.3 is 15.4 Å². The molecular formula is C14H15N3O4S. The quantitative estimate of drug-likeness (QED) is 0.380. The van der Waals surface area contributed by atoms with Crippen molar-refractivity contribution < 1.29 is 14.5 Å². The van der Waals surface area contributed by atoms with Gasteiger partial charge in [0.25, 0.3) is 5.69 Å². The lowest BCUT2D eigenvalue weighted by Gasteiger charge is -2.29. The zero-order chi connectivity index (χ0) is 16.4. The van der Waals surface area contributed by atoms with Crippen LogP contribution in [-0.4, -0.2) is 23.1 Å². The summed E-state index contributed by atoms with van der Waals surface area (Å²) in [6.45, 7) is 3.36. The van der Waals surface area contributed by atoms with E-state index in [2.05, 4.69) is 10.6 Å². The van der Waals surface area contributed by atoms with E-state index in [0.717, 1.165) is 0 Å². The van der Waals surface area contributed by atoms with E-state index in [0.29, 0.717) is 27.5 Å². The minimum absolute atomic E-state index is 0.00869. The average molecular weight is 321 g/mol. The highest BCUT2D eigenvalue weighted by molar-refractivity contribution is 7.80. The van der Waals surface area contributed by atoms with Gasteiger partial charge in [-0.1, -0.05) is 12.1 Å². The van der Waals surface area contributed by atoms with Gasteiger partial charge in [-0.3, -0.25) is 10.1 Å². The molecule has 1 atom stereocenters. The first-order valence-corrected chi connectivity index (χ1v) is 6.87. The van der Waals surface area contributed by atoms with Crippen molar-refractivity contribution in [2.75, 3.05) is 7.11 Å². The standard InChI is InChI=1S/C14H15N3O4S/c1-7-4-5-9(6-10(7)17(19)20)12-11(13(18)21-3)8(2)15-14(22)16-12/h4-6,12H,1-3H3,(H2,15,16,22). The van der Waals surface area contributed by atoms with Crippen molar-refractivity contribution >= 4 is 29.0 Å². The highest BCUT2D eigenvalue weighted by Crippen LogP contribution is 2.30. The van der Waals surface area contributed by atoms with E-state index in [1.807, 2.05) is 0 Å². The van der Waals surface area contributed by atoms with Gasteiger partial charge in [-0.05, 0) is 31.6 Å². The Hall–Kier alpha value is -2.48. The number of benzene rings is 1. The minimum atomic E-state index is -0.597. The third-order valence-corrected chi connectivity index (χ3v) is 3.66. The predicted octanol–water partition coefficient (Wildman–Crippen LogP) is 1.87. The van der Waals surface area contributed by atoms with Crippen molar-refractivity contribution in [1.82, 2.24) is 10.6 Å². The molecule has 0 aliphatic carbocycles. The molecule has 8 heteroatoms. The summed E-state index contributed by atoms with van der Waals surface area (Å²) in [7, 11) is 1.28. The summed E-state index contributed by atoms with van der Waals surface area (Å²) in [6.07, 6.45) is 0. The lowest BCUT2D eigenvalue weighted by atomic mass is 9.94. The number of nitrogens with one attached hydrogen (secondary N) is 2. The molecule has 116 valence electrons. The number of ether oxygens (including phenoxy) is 1. The van der Waals surface area contributed by atoms with Gasteiger partial charge in [-0.2, -0.15) is 0 Å². The number of carbonyl (C=O) groups excluding carboxylic acids is 1. The summed E-state index contributed by atoms with van der Waals surface area (Å²) >= 11 is 5.10. The Morgan fingerprint density at radius 1 is 1.41 bits per heavy atom. The van der Waals surface area contributed by atoms with E-state index in [9.17, 15) is 14.9 Å². The Kier molecular flexibility index (Phi) is 4.41. The molecule has 0 spiro atoms. The summed E-state index contributed by atoms with van der Waals surface area (Å²) in [4.78, 5) is 22.7. The van der Waals surface area contributed by atoms with Crippen molar-refractivity contribution in [3.63, 3.8) is 0 Å². The molecule has 0 bridgehead atoms. The number of carbonyl (C=O) groups is 1. The van der Waals surface area contributed by atoms with Crippen molar-refractivity contribution in [2.24, 2.45) is 0 Å². The molecule has 0 radical (unpaired) electrons. The lowest BCUT2D eigenvalue weighted by molar-refractivity contribution is -0.385. The number of hydrogen-bond acceptors (Lipinski definition) is 5. The second-order valence-corrected chi connectivity index (χ2v) is 5.27. The maximum Gasteiger partial charge on any atom is 0.337 e. The number of nitrogens with zero attached hydrogens (tertiary/aromatic N) is 1. The van der Waals surface area contributed by atoms with Gasteiger partial charge in [0, 0.05) is 17.3 Å². The third kappa shape index (κ3) is 2.91. The van der Waals surface area contributed by atoms with Crippen LogP contribution in [0.3, 0.4) is 0 Å². The van der Waals surface area contributed by atoms with E-state index in [-0.39, 0.29) is 5.69 Å². The Bertz CT molecular complexity index is 699. The van der Waals surface area contributed by atoms with Crippen LogP contribution in [0.5, 0.6) is 0 Å². The lowest BCUT2D eigenvalue weighted by Crippen LogP contribution is -2.45. The molecule has 0 amide bonds. The van der Waals surface area contributed by atoms with Gasteiger partial charge in [0.05, 0.1) is 23.6 Å².